The highest BCUT2D eigenvalue weighted by Gasteiger charge is 2.36. The lowest BCUT2D eigenvalue weighted by Crippen LogP contribution is -2.47. The standard InChI is InChI=1S/C11H22N2O5S/c1-9-10(6-8-18-9)13(3)19(15,16)12(2)7-5-11(14)17-4/h9-10H,5-8H2,1-4H3. The van der Waals surface area contributed by atoms with E-state index in [1.165, 1.54) is 18.5 Å². The molecule has 1 saturated heterocycles. The Bertz CT molecular complexity index is 411. The van der Waals surface area contributed by atoms with E-state index in [4.69, 9.17) is 4.74 Å². The summed E-state index contributed by atoms with van der Waals surface area (Å²) in [4.78, 5) is 11.0. The fourth-order valence-electron chi connectivity index (χ4n) is 2.06. The van der Waals surface area contributed by atoms with Crippen molar-refractivity contribution in [3.8, 4) is 0 Å². The van der Waals surface area contributed by atoms with Gasteiger partial charge < -0.3 is 9.47 Å². The molecule has 1 fully saturated rings. The summed E-state index contributed by atoms with van der Waals surface area (Å²) in [6.07, 6.45) is 0.604. The van der Waals surface area contributed by atoms with E-state index in [2.05, 4.69) is 4.74 Å². The quantitative estimate of drug-likeness (QED) is 0.636. The summed E-state index contributed by atoms with van der Waals surface area (Å²) in [5.74, 6) is -0.428. The Hall–Kier alpha value is -0.700. The Balaban J connectivity index is 2.65. The smallest absolute Gasteiger partial charge is 0.306 e. The Kier molecular flexibility index (Phi) is 5.72. The summed E-state index contributed by atoms with van der Waals surface area (Å²) in [7, 11) is 0.693. The van der Waals surface area contributed by atoms with Gasteiger partial charge in [0.15, 0.2) is 0 Å². The molecule has 19 heavy (non-hydrogen) atoms. The highest BCUT2D eigenvalue weighted by Crippen LogP contribution is 2.21. The van der Waals surface area contributed by atoms with Gasteiger partial charge in [0.05, 0.1) is 25.7 Å². The number of likely N-dealkylation sites (N-methyl/N-ethyl adjacent to an activating group) is 1. The van der Waals surface area contributed by atoms with Crippen LogP contribution in [0.2, 0.25) is 0 Å². The molecule has 1 rings (SSSR count). The van der Waals surface area contributed by atoms with Gasteiger partial charge in [0.25, 0.3) is 10.2 Å². The predicted octanol–water partition coefficient (Wildman–Crippen LogP) is -0.165. The van der Waals surface area contributed by atoms with E-state index in [0.717, 1.165) is 4.31 Å². The molecular weight excluding hydrogens is 272 g/mol. The first-order chi connectivity index (χ1) is 8.80. The van der Waals surface area contributed by atoms with Gasteiger partial charge in [-0.1, -0.05) is 0 Å². The number of ether oxygens (including phenoxy) is 2. The Morgan fingerprint density at radius 3 is 2.53 bits per heavy atom. The summed E-state index contributed by atoms with van der Waals surface area (Å²) in [5, 5.41) is 0. The van der Waals surface area contributed by atoms with Crippen LogP contribution in [0, 0.1) is 0 Å². The summed E-state index contributed by atoms with van der Waals surface area (Å²) in [6, 6.07) is -0.162. The third-order valence-electron chi connectivity index (χ3n) is 3.42. The van der Waals surface area contributed by atoms with E-state index in [1.807, 2.05) is 6.92 Å². The van der Waals surface area contributed by atoms with E-state index in [0.29, 0.717) is 13.0 Å². The van der Waals surface area contributed by atoms with E-state index in [-0.39, 0.29) is 25.1 Å². The molecule has 2 atom stereocenters. The number of nitrogens with zero attached hydrogens (tertiary/aromatic N) is 2. The van der Waals surface area contributed by atoms with Crippen LogP contribution in [0.25, 0.3) is 0 Å². The number of carbonyl (C=O) groups excluding carboxylic acids is 1. The van der Waals surface area contributed by atoms with E-state index < -0.39 is 16.2 Å². The van der Waals surface area contributed by atoms with Crippen LogP contribution in [0.5, 0.6) is 0 Å². The maximum absolute atomic E-state index is 12.3. The zero-order valence-corrected chi connectivity index (χ0v) is 12.6. The van der Waals surface area contributed by atoms with Crippen molar-refractivity contribution in [1.29, 1.82) is 0 Å². The van der Waals surface area contributed by atoms with Gasteiger partial charge in [0.1, 0.15) is 0 Å². The van der Waals surface area contributed by atoms with E-state index in [9.17, 15) is 13.2 Å². The molecule has 0 aliphatic carbocycles. The second kappa shape index (κ2) is 6.65. The number of methoxy groups -OCH3 is 1. The molecule has 1 aliphatic rings. The van der Waals surface area contributed by atoms with Crippen molar-refractivity contribution in [1.82, 2.24) is 8.61 Å². The van der Waals surface area contributed by atoms with Crippen LogP contribution in [0.3, 0.4) is 0 Å². The van der Waals surface area contributed by atoms with Crippen LogP contribution in [0.15, 0.2) is 0 Å². The van der Waals surface area contributed by atoms with Gasteiger partial charge in [-0.3, -0.25) is 4.79 Å². The molecular formula is C11H22N2O5S. The first kappa shape index (κ1) is 16.4. The SMILES string of the molecule is COC(=O)CCN(C)S(=O)(=O)N(C)C1CCOC1C. The van der Waals surface area contributed by atoms with Crippen LogP contribution in [0.4, 0.5) is 0 Å². The van der Waals surface area contributed by atoms with Crippen LogP contribution in [0.1, 0.15) is 19.8 Å². The highest BCUT2D eigenvalue weighted by molar-refractivity contribution is 7.86. The van der Waals surface area contributed by atoms with Crippen LogP contribution < -0.4 is 0 Å². The van der Waals surface area contributed by atoms with Gasteiger partial charge in [-0.15, -0.1) is 0 Å². The monoisotopic (exact) mass is 294 g/mol. The summed E-state index contributed by atoms with van der Waals surface area (Å²) < 4.78 is 37.0. The van der Waals surface area contributed by atoms with Crippen molar-refractivity contribution in [3.63, 3.8) is 0 Å². The zero-order chi connectivity index (χ0) is 14.6. The Morgan fingerprint density at radius 2 is 2.05 bits per heavy atom. The molecule has 0 N–H and O–H groups in total. The van der Waals surface area contributed by atoms with Crippen molar-refractivity contribution in [2.24, 2.45) is 0 Å². The van der Waals surface area contributed by atoms with E-state index in [1.54, 1.807) is 7.05 Å². The average molecular weight is 294 g/mol. The van der Waals surface area contributed by atoms with Gasteiger partial charge >= 0.3 is 5.97 Å². The molecule has 8 heteroatoms. The van der Waals surface area contributed by atoms with E-state index >= 15 is 0 Å². The van der Waals surface area contributed by atoms with Crippen molar-refractivity contribution in [2.75, 3.05) is 34.4 Å². The number of esters is 1. The van der Waals surface area contributed by atoms with Gasteiger partial charge in [0, 0.05) is 27.2 Å². The van der Waals surface area contributed by atoms with Gasteiger partial charge in [0.2, 0.25) is 0 Å². The molecule has 2 unspecified atom stereocenters. The first-order valence-electron chi connectivity index (χ1n) is 6.18. The maximum atomic E-state index is 12.3. The lowest BCUT2D eigenvalue weighted by atomic mass is 10.2. The third kappa shape index (κ3) is 3.88. The largest absolute Gasteiger partial charge is 0.469 e. The molecule has 0 aromatic carbocycles. The second-order valence-electron chi connectivity index (χ2n) is 4.60. The molecule has 0 bridgehead atoms. The molecule has 0 amide bonds. The molecule has 0 radical (unpaired) electrons. The maximum Gasteiger partial charge on any atom is 0.306 e. The van der Waals surface area contributed by atoms with Gasteiger partial charge in [-0.05, 0) is 13.3 Å². The third-order valence-corrected chi connectivity index (χ3v) is 5.39. The summed E-state index contributed by atoms with van der Waals surface area (Å²) >= 11 is 0. The fourth-order valence-corrected chi connectivity index (χ4v) is 3.44. The molecule has 1 aliphatic heterocycles. The molecule has 0 aromatic rings. The number of rotatable bonds is 6. The average Bonchev–Trinajstić information content (AvgIpc) is 2.80. The molecule has 0 aromatic heterocycles. The molecule has 7 nitrogen and oxygen atoms in total. The molecule has 0 saturated carbocycles. The van der Waals surface area contributed by atoms with Crippen molar-refractivity contribution < 1.29 is 22.7 Å². The fraction of sp³-hybridized carbons (Fsp3) is 0.909. The lowest BCUT2D eigenvalue weighted by molar-refractivity contribution is -0.140. The minimum Gasteiger partial charge on any atom is -0.469 e. The highest BCUT2D eigenvalue weighted by atomic mass is 32.2. The van der Waals surface area contributed by atoms with Crippen molar-refractivity contribution >= 4 is 16.2 Å². The topological polar surface area (TPSA) is 76.2 Å². The van der Waals surface area contributed by atoms with Crippen molar-refractivity contribution in [2.45, 2.75) is 31.9 Å². The number of carbonyl (C=O) groups is 1. The predicted molar refractivity (Wildman–Crippen MR) is 69.8 cm³/mol. The Morgan fingerprint density at radius 1 is 1.42 bits per heavy atom. The van der Waals surface area contributed by atoms with Gasteiger partial charge in [-0.2, -0.15) is 17.0 Å². The number of hydrogen-bond donors (Lipinski definition) is 0. The summed E-state index contributed by atoms with van der Waals surface area (Å²) in [5.41, 5.74) is 0. The van der Waals surface area contributed by atoms with Gasteiger partial charge in [-0.25, -0.2) is 0 Å². The normalized spacial score (nSPS) is 24.1. The minimum absolute atomic E-state index is 0.0385. The molecule has 0 spiro atoms. The first-order valence-corrected chi connectivity index (χ1v) is 7.58. The summed E-state index contributed by atoms with van der Waals surface area (Å²) in [6.45, 7) is 2.52. The van der Waals surface area contributed by atoms with Crippen LogP contribution >= 0.6 is 0 Å². The zero-order valence-electron chi connectivity index (χ0n) is 11.8. The molecule has 112 valence electrons. The Labute approximate surface area is 114 Å². The minimum atomic E-state index is -3.58. The van der Waals surface area contributed by atoms with Crippen LogP contribution in [-0.4, -0.2) is 69.5 Å². The van der Waals surface area contributed by atoms with Crippen molar-refractivity contribution in [3.05, 3.63) is 0 Å². The lowest BCUT2D eigenvalue weighted by Gasteiger charge is -2.29. The van der Waals surface area contributed by atoms with Crippen LogP contribution in [-0.2, 0) is 24.5 Å². The molecule has 1 heterocycles. The second-order valence-corrected chi connectivity index (χ2v) is 6.70. The number of hydrogen-bond acceptors (Lipinski definition) is 5.